The number of nitrogens with one attached hydrogen (secondary N) is 2. The molecule has 6 nitrogen and oxygen atoms in total. The van der Waals surface area contributed by atoms with Crippen molar-refractivity contribution in [3.63, 3.8) is 0 Å². The van der Waals surface area contributed by atoms with Gasteiger partial charge >= 0.3 is 0 Å². The molecule has 1 aromatic heterocycles. The van der Waals surface area contributed by atoms with Gasteiger partial charge in [-0.2, -0.15) is 0 Å². The largest absolute Gasteiger partial charge is 0.356 e. The number of hydrogen-bond acceptors (Lipinski definition) is 3. The Morgan fingerprint density at radius 3 is 2.56 bits per heavy atom. The molecule has 2 heterocycles. The van der Waals surface area contributed by atoms with E-state index in [2.05, 4.69) is 52.0 Å². The first kappa shape index (κ1) is 21.8. The Hall–Kier alpha value is -3.41. The van der Waals surface area contributed by atoms with Crippen molar-refractivity contribution in [2.45, 2.75) is 50.6 Å². The van der Waals surface area contributed by atoms with Crippen LogP contribution < -0.4 is 10.6 Å². The number of rotatable bonds is 10. The molecule has 2 aromatic carbocycles. The van der Waals surface area contributed by atoms with Crippen molar-refractivity contribution in [1.82, 2.24) is 20.2 Å². The van der Waals surface area contributed by atoms with E-state index in [1.165, 1.54) is 16.7 Å². The Bertz CT molecular complexity index is 1020. The van der Waals surface area contributed by atoms with Crippen LogP contribution in [-0.4, -0.2) is 33.4 Å². The van der Waals surface area contributed by atoms with Crippen LogP contribution in [0.15, 0.2) is 73.3 Å². The minimum Gasteiger partial charge on any atom is -0.356 e. The maximum atomic E-state index is 12.4. The summed E-state index contributed by atoms with van der Waals surface area (Å²) in [4.78, 5) is 28.5. The third-order valence-corrected chi connectivity index (χ3v) is 6.14. The van der Waals surface area contributed by atoms with Crippen molar-refractivity contribution in [3.05, 3.63) is 78.9 Å². The van der Waals surface area contributed by atoms with Crippen LogP contribution in [0.4, 0.5) is 0 Å². The molecule has 1 atom stereocenters. The number of nitrogens with zero attached hydrogens (tertiary/aromatic N) is 2. The zero-order valence-corrected chi connectivity index (χ0v) is 18.3. The molecule has 166 valence electrons. The van der Waals surface area contributed by atoms with Crippen molar-refractivity contribution in [3.8, 4) is 11.1 Å². The molecule has 32 heavy (non-hydrogen) atoms. The van der Waals surface area contributed by atoms with Gasteiger partial charge in [0.15, 0.2) is 0 Å². The average Bonchev–Trinajstić information content (AvgIpc) is 3.47. The van der Waals surface area contributed by atoms with Crippen molar-refractivity contribution in [2.75, 3.05) is 6.54 Å². The van der Waals surface area contributed by atoms with Gasteiger partial charge in [-0.15, -0.1) is 0 Å². The molecule has 2 amide bonds. The zero-order valence-electron chi connectivity index (χ0n) is 18.3. The molecule has 0 spiro atoms. The van der Waals surface area contributed by atoms with E-state index in [0.717, 1.165) is 25.8 Å². The molecule has 0 radical (unpaired) electrons. The van der Waals surface area contributed by atoms with Gasteiger partial charge in [-0.3, -0.25) is 9.59 Å². The highest BCUT2D eigenvalue weighted by molar-refractivity contribution is 5.80. The lowest BCUT2D eigenvalue weighted by molar-refractivity contribution is -0.122. The van der Waals surface area contributed by atoms with Gasteiger partial charge in [0.1, 0.15) is 0 Å². The topological polar surface area (TPSA) is 76.0 Å². The second-order valence-electron chi connectivity index (χ2n) is 8.57. The molecule has 6 heteroatoms. The second-order valence-corrected chi connectivity index (χ2v) is 8.57. The molecule has 3 aromatic rings. The van der Waals surface area contributed by atoms with E-state index < -0.39 is 0 Å². The Labute approximate surface area is 189 Å². The highest BCUT2D eigenvalue weighted by Crippen LogP contribution is 2.30. The van der Waals surface area contributed by atoms with Gasteiger partial charge in [-0.05, 0) is 42.4 Å². The zero-order chi connectivity index (χ0) is 22.2. The number of aromatic nitrogens is 2. The molecule has 2 N–H and O–H groups in total. The summed E-state index contributed by atoms with van der Waals surface area (Å²) in [5.74, 6) is 0.113. The molecule has 1 aliphatic rings. The lowest BCUT2D eigenvalue weighted by atomic mass is 9.84. The lowest BCUT2D eigenvalue weighted by Crippen LogP contribution is -2.44. The van der Waals surface area contributed by atoms with Gasteiger partial charge in [0, 0.05) is 43.9 Å². The minimum atomic E-state index is -0.348. The first-order valence-electron chi connectivity index (χ1n) is 11.3. The molecule has 1 aliphatic heterocycles. The Kier molecular flexibility index (Phi) is 7.00. The molecule has 0 saturated carbocycles. The van der Waals surface area contributed by atoms with E-state index in [1.807, 2.05) is 29.0 Å². The normalized spacial score (nSPS) is 17.8. The molecule has 0 unspecified atom stereocenters. The van der Waals surface area contributed by atoms with Crippen LogP contribution in [0.2, 0.25) is 0 Å². The second kappa shape index (κ2) is 10.3. The van der Waals surface area contributed by atoms with E-state index in [4.69, 9.17) is 0 Å². The van der Waals surface area contributed by atoms with Gasteiger partial charge in [-0.1, -0.05) is 54.6 Å². The van der Waals surface area contributed by atoms with Crippen LogP contribution in [0.5, 0.6) is 0 Å². The van der Waals surface area contributed by atoms with Gasteiger partial charge in [0.2, 0.25) is 11.8 Å². The van der Waals surface area contributed by atoms with Crippen LogP contribution in [0, 0.1) is 0 Å². The van der Waals surface area contributed by atoms with E-state index in [9.17, 15) is 9.59 Å². The number of carbonyl (C=O) groups excluding carboxylic acids is 2. The number of imidazole rings is 1. The van der Waals surface area contributed by atoms with Gasteiger partial charge in [0.05, 0.1) is 6.33 Å². The quantitative estimate of drug-likeness (QED) is 0.481. The van der Waals surface area contributed by atoms with E-state index in [1.54, 1.807) is 12.5 Å². The summed E-state index contributed by atoms with van der Waals surface area (Å²) in [6.45, 7) is 1.47. The SMILES string of the molecule is O=C(CC[C@@]1(Cc2ccc(-c3ccccc3)cc2)CCC(=O)N1)NCCCn1ccnc1. The van der Waals surface area contributed by atoms with Crippen LogP contribution in [0.25, 0.3) is 11.1 Å². The highest BCUT2D eigenvalue weighted by atomic mass is 16.2. The summed E-state index contributed by atoms with van der Waals surface area (Å²) in [6.07, 6.45) is 9.39. The first-order valence-corrected chi connectivity index (χ1v) is 11.3. The monoisotopic (exact) mass is 430 g/mol. The van der Waals surface area contributed by atoms with Gasteiger partial charge in [0.25, 0.3) is 0 Å². The summed E-state index contributed by atoms with van der Waals surface area (Å²) >= 11 is 0. The molecular weight excluding hydrogens is 400 g/mol. The average molecular weight is 431 g/mol. The van der Waals surface area contributed by atoms with Crippen LogP contribution in [0.1, 0.15) is 37.7 Å². The molecule has 1 fully saturated rings. The summed E-state index contributed by atoms with van der Waals surface area (Å²) in [5.41, 5.74) is 3.19. The third kappa shape index (κ3) is 5.84. The molecule has 4 rings (SSSR count). The molecular formula is C26H30N4O2. The van der Waals surface area contributed by atoms with E-state index in [0.29, 0.717) is 25.8 Å². The maximum absolute atomic E-state index is 12.4. The van der Waals surface area contributed by atoms with E-state index >= 15 is 0 Å². The standard InChI is InChI=1S/C26H30N4O2/c31-24(28-15-4-17-30-18-16-27-20-30)11-13-26(14-12-25(32)29-26)19-21-7-9-23(10-8-21)22-5-2-1-3-6-22/h1-3,5-10,16,18,20H,4,11-15,17,19H2,(H,28,31)(H,29,32)/t26-/m0/s1. The molecule has 0 bridgehead atoms. The summed E-state index contributed by atoms with van der Waals surface area (Å²) in [7, 11) is 0. The fourth-order valence-electron chi connectivity index (χ4n) is 4.37. The van der Waals surface area contributed by atoms with Crippen LogP contribution in [0.3, 0.4) is 0 Å². The number of aryl methyl sites for hydroxylation is 1. The smallest absolute Gasteiger partial charge is 0.220 e. The lowest BCUT2D eigenvalue weighted by Gasteiger charge is -2.29. The number of hydrogen-bond donors (Lipinski definition) is 2. The van der Waals surface area contributed by atoms with Gasteiger partial charge in [-0.25, -0.2) is 4.98 Å². The Morgan fingerprint density at radius 2 is 1.88 bits per heavy atom. The van der Waals surface area contributed by atoms with Crippen molar-refractivity contribution in [2.24, 2.45) is 0 Å². The van der Waals surface area contributed by atoms with Crippen LogP contribution >= 0.6 is 0 Å². The number of benzene rings is 2. The predicted octanol–water partition coefficient (Wildman–Crippen LogP) is 3.73. The fraction of sp³-hybridized carbons (Fsp3) is 0.346. The van der Waals surface area contributed by atoms with Crippen molar-refractivity contribution < 1.29 is 9.59 Å². The first-order chi connectivity index (χ1) is 15.6. The van der Waals surface area contributed by atoms with E-state index in [-0.39, 0.29) is 17.4 Å². The van der Waals surface area contributed by atoms with Crippen molar-refractivity contribution >= 4 is 11.8 Å². The summed E-state index contributed by atoms with van der Waals surface area (Å²) in [5, 5.41) is 6.18. The highest BCUT2D eigenvalue weighted by Gasteiger charge is 2.37. The van der Waals surface area contributed by atoms with Crippen LogP contribution in [-0.2, 0) is 22.6 Å². The van der Waals surface area contributed by atoms with Gasteiger partial charge < -0.3 is 15.2 Å². The molecule has 0 aliphatic carbocycles. The minimum absolute atomic E-state index is 0.0376. The summed E-state index contributed by atoms with van der Waals surface area (Å²) in [6, 6.07) is 18.8. The number of amides is 2. The molecule has 1 saturated heterocycles. The van der Waals surface area contributed by atoms with Crippen molar-refractivity contribution in [1.29, 1.82) is 0 Å². The maximum Gasteiger partial charge on any atom is 0.220 e. The Morgan fingerprint density at radius 1 is 1.09 bits per heavy atom. The predicted molar refractivity (Wildman–Crippen MR) is 125 cm³/mol. The fourth-order valence-corrected chi connectivity index (χ4v) is 4.37. The number of carbonyl (C=O) groups is 2. The summed E-state index contributed by atoms with van der Waals surface area (Å²) < 4.78 is 2.00. The third-order valence-electron chi connectivity index (χ3n) is 6.14. The Balaban J connectivity index is 1.30.